The van der Waals surface area contributed by atoms with E-state index in [1.54, 1.807) is 6.07 Å². The molecule has 7 heteroatoms. The van der Waals surface area contributed by atoms with Crippen LogP contribution in [0.15, 0.2) is 48.5 Å². The van der Waals surface area contributed by atoms with Crippen molar-refractivity contribution >= 4 is 11.6 Å². The smallest absolute Gasteiger partial charge is 0.273 e. The highest BCUT2D eigenvalue weighted by atomic mass is 16.6. The van der Waals surface area contributed by atoms with Crippen LogP contribution in [0.1, 0.15) is 24.0 Å². The summed E-state index contributed by atoms with van der Waals surface area (Å²) >= 11 is 0. The Morgan fingerprint density at radius 1 is 1.21 bits per heavy atom. The fraction of sp³-hybridized carbons (Fsp3) is 0.381. The van der Waals surface area contributed by atoms with E-state index in [0.717, 1.165) is 32.5 Å². The van der Waals surface area contributed by atoms with Gasteiger partial charge in [0.2, 0.25) is 5.91 Å². The van der Waals surface area contributed by atoms with Gasteiger partial charge in [-0.15, -0.1) is 0 Å². The molecule has 1 heterocycles. The summed E-state index contributed by atoms with van der Waals surface area (Å²) in [7, 11) is 1.49. The molecule has 0 unspecified atom stereocenters. The molecule has 7 nitrogen and oxygen atoms in total. The van der Waals surface area contributed by atoms with Crippen LogP contribution in [0.25, 0.3) is 0 Å². The van der Waals surface area contributed by atoms with E-state index >= 15 is 0 Å². The lowest BCUT2D eigenvalue weighted by molar-refractivity contribution is -0.385. The number of likely N-dealkylation sites (tertiary alicyclic amines) is 1. The Kier molecular flexibility index (Phi) is 6.60. The van der Waals surface area contributed by atoms with Crippen LogP contribution >= 0.6 is 0 Å². The average molecular weight is 383 g/mol. The summed E-state index contributed by atoms with van der Waals surface area (Å²) in [4.78, 5) is 25.6. The van der Waals surface area contributed by atoms with E-state index in [1.807, 2.05) is 18.2 Å². The molecule has 0 spiro atoms. The number of nitro benzene ring substituents is 1. The van der Waals surface area contributed by atoms with Gasteiger partial charge < -0.3 is 10.1 Å². The fourth-order valence-electron chi connectivity index (χ4n) is 3.54. The molecule has 1 amide bonds. The summed E-state index contributed by atoms with van der Waals surface area (Å²) in [6, 6.07) is 14.9. The molecule has 1 aliphatic heterocycles. The molecule has 1 saturated heterocycles. The van der Waals surface area contributed by atoms with Gasteiger partial charge in [-0.25, -0.2) is 0 Å². The number of ether oxygens (including phenoxy) is 1. The van der Waals surface area contributed by atoms with Gasteiger partial charge in [-0.05, 0) is 30.5 Å². The number of nitrogens with zero attached hydrogens (tertiary/aromatic N) is 2. The van der Waals surface area contributed by atoms with Crippen LogP contribution < -0.4 is 10.1 Å². The minimum atomic E-state index is -0.468. The van der Waals surface area contributed by atoms with Gasteiger partial charge in [-0.1, -0.05) is 30.3 Å². The quantitative estimate of drug-likeness (QED) is 0.587. The number of hydrogen-bond acceptors (Lipinski definition) is 5. The van der Waals surface area contributed by atoms with Gasteiger partial charge in [0, 0.05) is 37.3 Å². The maximum Gasteiger partial charge on any atom is 0.273 e. The molecule has 148 valence electrons. The summed E-state index contributed by atoms with van der Waals surface area (Å²) in [5.74, 6) is 0.306. The summed E-state index contributed by atoms with van der Waals surface area (Å²) in [6.07, 6.45) is 1.72. The standard InChI is InChI=1S/C21H25N3O4/c1-28-19-7-8-20(24(26)27)17(13-19)14-21(25)22-18-9-11-23(12-10-18)15-16-5-3-2-4-6-16/h2-8,13,18H,9-12,14-15H2,1H3,(H,22,25). The molecular weight excluding hydrogens is 358 g/mol. The monoisotopic (exact) mass is 383 g/mol. The highest BCUT2D eigenvalue weighted by Crippen LogP contribution is 2.24. The number of nitrogens with one attached hydrogen (secondary N) is 1. The van der Waals surface area contributed by atoms with Gasteiger partial charge in [0.1, 0.15) is 5.75 Å². The van der Waals surface area contributed by atoms with Gasteiger partial charge in [0.05, 0.1) is 18.5 Å². The van der Waals surface area contributed by atoms with Crippen LogP contribution in [0.2, 0.25) is 0 Å². The molecule has 0 bridgehead atoms. The molecule has 28 heavy (non-hydrogen) atoms. The number of carbonyl (C=O) groups excluding carboxylic acids is 1. The molecule has 2 aromatic rings. The number of hydrogen-bond donors (Lipinski definition) is 1. The third kappa shape index (κ3) is 5.29. The van der Waals surface area contributed by atoms with Crippen molar-refractivity contribution in [1.29, 1.82) is 0 Å². The zero-order chi connectivity index (χ0) is 19.9. The molecular formula is C21H25N3O4. The van der Waals surface area contributed by atoms with Gasteiger partial charge in [-0.3, -0.25) is 19.8 Å². The SMILES string of the molecule is COc1ccc([N+](=O)[O-])c(CC(=O)NC2CCN(Cc3ccccc3)CC2)c1. The number of nitro groups is 1. The summed E-state index contributed by atoms with van der Waals surface area (Å²) in [5.41, 5.74) is 1.59. The van der Waals surface area contributed by atoms with E-state index in [0.29, 0.717) is 11.3 Å². The lowest BCUT2D eigenvalue weighted by Gasteiger charge is -2.32. The van der Waals surface area contributed by atoms with Crippen LogP contribution in [0, 0.1) is 10.1 Å². The van der Waals surface area contributed by atoms with Crippen LogP contribution in [0.3, 0.4) is 0 Å². The van der Waals surface area contributed by atoms with Crippen molar-refractivity contribution in [3.05, 3.63) is 69.8 Å². The van der Waals surface area contributed by atoms with E-state index in [1.165, 1.54) is 24.8 Å². The van der Waals surface area contributed by atoms with Crippen molar-refractivity contribution in [3.8, 4) is 5.75 Å². The number of piperidine rings is 1. The van der Waals surface area contributed by atoms with Gasteiger partial charge in [-0.2, -0.15) is 0 Å². The fourth-order valence-corrected chi connectivity index (χ4v) is 3.54. The summed E-state index contributed by atoms with van der Waals surface area (Å²) in [6.45, 7) is 2.75. The maximum atomic E-state index is 12.4. The molecule has 1 N–H and O–H groups in total. The topological polar surface area (TPSA) is 84.7 Å². The van der Waals surface area contributed by atoms with Crippen molar-refractivity contribution < 1.29 is 14.5 Å². The highest BCUT2D eigenvalue weighted by molar-refractivity contribution is 5.80. The molecule has 0 atom stereocenters. The molecule has 2 aromatic carbocycles. The first-order chi connectivity index (χ1) is 13.5. The first kappa shape index (κ1) is 19.8. The maximum absolute atomic E-state index is 12.4. The second-order valence-electron chi connectivity index (χ2n) is 7.03. The Hall–Kier alpha value is -2.93. The Morgan fingerprint density at radius 3 is 2.57 bits per heavy atom. The molecule has 0 aromatic heterocycles. The predicted octanol–water partition coefficient (Wildman–Crippen LogP) is 2.93. The largest absolute Gasteiger partial charge is 0.497 e. The number of benzene rings is 2. The Morgan fingerprint density at radius 2 is 1.93 bits per heavy atom. The first-order valence-electron chi connectivity index (χ1n) is 9.42. The Balaban J connectivity index is 1.52. The van der Waals surface area contributed by atoms with Crippen LogP contribution in [-0.2, 0) is 17.8 Å². The van der Waals surface area contributed by atoms with Crippen molar-refractivity contribution in [1.82, 2.24) is 10.2 Å². The highest BCUT2D eigenvalue weighted by Gasteiger charge is 2.23. The van der Waals surface area contributed by atoms with E-state index < -0.39 is 4.92 Å². The predicted molar refractivity (Wildman–Crippen MR) is 106 cm³/mol. The zero-order valence-corrected chi connectivity index (χ0v) is 16.0. The lowest BCUT2D eigenvalue weighted by atomic mass is 10.0. The third-order valence-electron chi connectivity index (χ3n) is 5.04. The second-order valence-corrected chi connectivity index (χ2v) is 7.03. The van der Waals surface area contributed by atoms with Gasteiger partial charge in [0.15, 0.2) is 0 Å². The lowest BCUT2D eigenvalue weighted by Crippen LogP contribution is -2.44. The van der Waals surface area contributed by atoms with E-state index in [9.17, 15) is 14.9 Å². The number of methoxy groups -OCH3 is 1. The van der Waals surface area contributed by atoms with E-state index in [4.69, 9.17) is 4.74 Å². The Bertz CT molecular complexity index is 818. The molecule has 1 fully saturated rings. The molecule has 0 aliphatic carbocycles. The first-order valence-corrected chi connectivity index (χ1v) is 9.42. The summed E-state index contributed by atoms with van der Waals surface area (Å²) < 4.78 is 5.12. The Labute approximate surface area is 164 Å². The molecule has 1 aliphatic rings. The van der Waals surface area contributed by atoms with Crippen molar-refractivity contribution in [3.63, 3.8) is 0 Å². The minimum Gasteiger partial charge on any atom is -0.497 e. The van der Waals surface area contributed by atoms with Crippen LogP contribution in [0.5, 0.6) is 5.75 Å². The average Bonchev–Trinajstić information content (AvgIpc) is 2.70. The third-order valence-corrected chi connectivity index (χ3v) is 5.04. The van der Waals surface area contributed by atoms with E-state index in [-0.39, 0.29) is 24.1 Å². The van der Waals surface area contributed by atoms with Crippen molar-refractivity contribution in [2.45, 2.75) is 31.8 Å². The summed E-state index contributed by atoms with van der Waals surface area (Å²) in [5, 5.41) is 14.2. The van der Waals surface area contributed by atoms with Crippen LogP contribution in [-0.4, -0.2) is 42.0 Å². The molecule has 0 radical (unpaired) electrons. The van der Waals surface area contributed by atoms with E-state index in [2.05, 4.69) is 22.3 Å². The molecule has 0 saturated carbocycles. The number of carbonyl (C=O) groups is 1. The number of amides is 1. The number of rotatable bonds is 7. The van der Waals surface area contributed by atoms with Crippen molar-refractivity contribution in [2.24, 2.45) is 0 Å². The van der Waals surface area contributed by atoms with Crippen molar-refractivity contribution in [2.75, 3.05) is 20.2 Å². The minimum absolute atomic E-state index is 0.0300. The second kappa shape index (κ2) is 9.32. The zero-order valence-electron chi connectivity index (χ0n) is 16.0. The normalized spacial score (nSPS) is 15.2. The van der Waals surface area contributed by atoms with Gasteiger partial charge in [0.25, 0.3) is 5.69 Å². The molecule has 3 rings (SSSR count). The van der Waals surface area contributed by atoms with Gasteiger partial charge >= 0.3 is 0 Å². The van der Waals surface area contributed by atoms with Crippen LogP contribution in [0.4, 0.5) is 5.69 Å².